The molecule has 0 radical (unpaired) electrons. The van der Waals surface area contributed by atoms with Crippen LogP contribution in [0.1, 0.15) is 27.8 Å². The first kappa shape index (κ1) is 11.2. The minimum absolute atomic E-state index is 0.253. The molecule has 0 saturated carbocycles. The van der Waals surface area contributed by atoms with Gasteiger partial charge in [-0.15, -0.1) is 11.3 Å². The molecular weight excluding hydrogens is 225 g/mol. The maximum absolute atomic E-state index is 13.1. The topological polar surface area (TPSA) is 33.1 Å². The molecule has 0 saturated heterocycles. The molecule has 1 N–H and O–H groups in total. The number of thiazole rings is 1. The van der Waals surface area contributed by atoms with E-state index in [1.165, 1.54) is 17.4 Å². The van der Waals surface area contributed by atoms with Gasteiger partial charge in [0.05, 0.1) is 16.1 Å². The van der Waals surface area contributed by atoms with Crippen molar-refractivity contribution in [1.82, 2.24) is 4.98 Å². The van der Waals surface area contributed by atoms with Crippen molar-refractivity contribution >= 4 is 11.3 Å². The zero-order chi connectivity index (χ0) is 11.7. The maximum atomic E-state index is 13.1. The average molecular weight is 237 g/mol. The minimum Gasteiger partial charge on any atom is -0.383 e. The number of aliphatic hydroxyl groups excluding tert-OH is 1. The molecule has 2 aromatic rings. The van der Waals surface area contributed by atoms with Crippen molar-refractivity contribution in [1.29, 1.82) is 0 Å². The van der Waals surface area contributed by atoms with E-state index in [0.29, 0.717) is 11.1 Å². The lowest BCUT2D eigenvalue weighted by Crippen LogP contribution is -2.00. The molecule has 1 unspecified atom stereocenters. The Bertz CT molecular complexity index is 509. The summed E-state index contributed by atoms with van der Waals surface area (Å²) in [6.45, 7) is 3.54. The highest BCUT2D eigenvalue weighted by Crippen LogP contribution is 2.28. The van der Waals surface area contributed by atoms with E-state index in [-0.39, 0.29) is 5.82 Å². The summed E-state index contributed by atoms with van der Waals surface area (Å²) in [7, 11) is 0. The summed E-state index contributed by atoms with van der Waals surface area (Å²) < 4.78 is 13.1. The summed E-state index contributed by atoms with van der Waals surface area (Å²) in [5.74, 6) is -0.253. The molecule has 2 rings (SSSR count). The van der Waals surface area contributed by atoms with Crippen LogP contribution in [-0.4, -0.2) is 10.1 Å². The van der Waals surface area contributed by atoms with Crippen molar-refractivity contribution in [3.05, 3.63) is 51.2 Å². The van der Waals surface area contributed by atoms with Gasteiger partial charge in [-0.1, -0.05) is 12.1 Å². The average Bonchev–Trinajstić information content (AvgIpc) is 2.67. The second-order valence-corrected chi connectivity index (χ2v) is 4.60. The highest BCUT2D eigenvalue weighted by molar-refractivity contribution is 7.09. The Hall–Kier alpha value is -1.26. The van der Waals surface area contributed by atoms with Crippen LogP contribution in [0.3, 0.4) is 0 Å². The van der Waals surface area contributed by atoms with E-state index in [1.807, 2.05) is 6.92 Å². The lowest BCUT2D eigenvalue weighted by atomic mass is 10.0. The molecule has 1 heterocycles. The number of benzene rings is 1. The molecule has 0 aliphatic rings. The van der Waals surface area contributed by atoms with Gasteiger partial charge in [-0.25, -0.2) is 9.37 Å². The minimum atomic E-state index is -0.716. The summed E-state index contributed by atoms with van der Waals surface area (Å²) in [5.41, 5.74) is 3.76. The standard InChI is InChI=1S/C12H12FNOS/c1-7-5-9(3-4-10(7)13)11(15)12-8(2)14-6-16-12/h3-6,11,15H,1-2H3. The van der Waals surface area contributed by atoms with Gasteiger partial charge in [-0.3, -0.25) is 0 Å². The number of aliphatic hydroxyl groups is 1. The molecule has 1 atom stereocenters. The molecular formula is C12H12FNOS. The normalized spacial score (nSPS) is 12.8. The second-order valence-electron chi connectivity index (χ2n) is 3.71. The summed E-state index contributed by atoms with van der Waals surface area (Å²) in [6, 6.07) is 4.65. The predicted molar refractivity (Wildman–Crippen MR) is 62.0 cm³/mol. The molecule has 0 spiro atoms. The molecule has 0 aliphatic heterocycles. The molecule has 16 heavy (non-hydrogen) atoms. The first-order valence-corrected chi connectivity index (χ1v) is 5.81. The number of hydrogen-bond acceptors (Lipinski definition) is 3. The molecule has 0 aliphatic carbocycles. The maximum Gasteiger partial charge on any atom is 0.126 e. The van der Waals surface area contributed by atoms with Crippen LogP contribution in [0.4, 0.5) is 4.39 Å². The summed E-state index contributed by atoms with van der Waals surface area (Å²) >= 11 is 1.41. The van der Waals surface area contributed by atoms with Gasteiger partial charge < -0.3 is 5.11 Å². The Labute approximate surface area is 97.4 Å². The molecule has 1 aromatic heterocycles. The highest BCUT2D eigenvalue weighted by atomic mass is 32.1. The van der Waals surface area contributed by atoms with Crippen molar-refractivity contribution in [2.24, 2.45) is 0 Å². The van der Waals surface area contributed by atoms with Gasteiger partial charge in [-0.05, 0) is 31.0 Å². The molecule has 0 bridgehead atoms. The fourth-order valence-corrected chi connectivity index (χ4v) is 2.38. The Kier molecular flexibility index (Phi) is 3.03. The van der Waals surface area contributed by atoms with Crippen LogP contribution in [0, 0.1) is 19.7 Å². The second kappa shape index (κ2) is 4.31. The SMILES string of the molecule is Cc1cc(C(O)c2scnc2C)ccc1F. The fourth-order valence-electron chi connectivity index (χ4n) is 1.56. The lowest BCUT2D eigenvalue weighted by molar-refractivity contribution is 0.223. The monoisotopic (exact) mass is 237 g/mol. The summed E-state index contributed by atoms with van der Waals surface area (Å²) in [4.78, 5) is 4.90. The number of rotatable bonds is 2. The summed E-state index contributed by atoms with van der Waals surface area (Å²) in [5, 5.41) is 10.1. The lowest BCUT2D eigenvalue weighted by Gasteiger charge is -2.10. The first-order valence-electron chi connectivity index (χ1n) is 4.93. The smallest absolute Gasteiger partial charge is 0.126 e. The Morgan fingerprint density at radius 2 is 2.12 bits per heavy atom. The van der Waals surface area contributed by atoms with Gasteiger partial charge in [0.25, 0.3) is 0 Å². The molecule has 1 aromatic carbocycles. The van der Waals surface area contributed by atoms with Crippen molar-refractivity contribution in [3.63, 3.8) is 0 Å². The van der Waals surface area contributed by atoms with Crippen LogP contribution in [0.25, 0.3) is 0 Å². The van der Waals surface area contributed by atoms with E-state index in [9.17, 15) is 9.50 Å². The van der Waals surface area contributed by atoms with Crippen molar-refractivity contribution in [2.75, 3.05) is 0 Å². The zero-order valence-electron chi connectivity index (χ0n) is 9.07. The van der Waals surface area contributed by atoms with Crippen molar-refractivity contribution < 1.29 is 9.50 Å². The van der Waals surface area contributed by atoms with Crippen LogP contribution in [0.2, 0.25) is 0 Å². The number of nitrogens with zero attached hydrogens (tertiary/aromatic N) is 1. The van der Waals surface area contributed by atoms with Gasteiger partial charge in [0.1, 0.15) is 11.9 Å². The highest BCUT2D eigenvalue weighted by Gasteiger charge is 2.15. The third-order valence-electron chi connectivity index (χ3n) is 2.53. The number of hydrogen-bond donors (Lipinski definition) is 1. The number of halogens is 1. The van der Waals surface area contributed by atoms with Crippen LogP contribution < -0.4 is 0 Å². The van der Waals surface area contributed by atoms with Gasteiger partial charge in [-0.2, -0.15) is 0 Å². The third-order valence-corrected chi connectivity index (χ3v) is 3.51. The van der Waals surface area contributed by atoms with E-state index in [4.69, 9.17) is 0 Å². The van der Waals surface area contributed by atoms with Crippen LogP contribution in [0.15, 0.2) is 23.7 Å². The van der Waals surface area contributed by atoms with Crippen molar-refractivity contribution in [2.45, 2.75) is 20.0 Å². The Morgan fingerprint density at radius 1 is 1.38 bits per heavy atom. The molecule has 0 fully saturated rings. The van der Waals surface area contributed by atoms with Crippen LogP contribution in [-0.2, 0) is 0 Å². The van der Waals surface area contributed by atoms with Gasteiger partial charge in [0.2, 0.25) is 0 Å². The number of aromatic nitrogens is 1. The van der Waals surface area contributed by atoms with Gasteiger partial charge in [0.15, 0.2) is 0 Å². The Morgan fingerprint density at radius 3 is 2.69 bits per heavy atom. The van der Waals surface area contributed by atoms with Crippen LogP contribution in [0.5, 0.6) is 0 Å². The van der Waals surface area contributed by atoms with Crippen molar-refractivity contribution in [3.8, 4) is 0 Å². The molecule has 2 nitrogen and oxygen atoms in total. The Balaban J connectivity index is 2.38. The quantitative estimate of drug-likeness (QED) is 0.871. The van der Waals surface area contributed by atoms with Gasteiger partial charge >= 0.3 is 0 Å². The molecule has 84 valence electrons. The van der Waals surface area contributed by atoms with E-state index >= 15 is 0 Å². The van der Waals surface area contributed by atoms with Gasteiger partial charge in [0, 0.05) is 0 Å². The van der Waals surface area contributed by atoms with Crippen LogP contribution >= 0.6 is 11.3 Å². The number of aryl methyl sites for hydroxylation is 2. The fraction of sp³-hybridized carbons (Fsp3) is 0.250. The first-order chi connectivity index (χ1) is 7.59. The molecule has 0 amide bonds. The largest absolute Gasteiger partial charge is 0.383 e. The van der Waals surface area contributed by atoms with E-state index in [1.54, 1.807) is 24.6 Å². The summed E-state index contributed by atoms with van der Waals surface area (Å²) in [6.07, 6.45) is -0.716. The van der Waals surface area contributed by atoms with E-state index in [2.05, 4.69) is 4.98 Å². The predicted octanol–water partition coefficient (Wildman–Crippen LogP) is 2.98. The third kappa shape index (κ3) is 1.99. The van der Waals surface area contributed by atoms with E-state index < -0.39 is 6.10 Å². The zero-order valence-corrected chi connectivity index (χ0v) is 9.88. The van der Waals surface area contributed by atoms with E-state index in [0.717, 1.165) is 10.6 Å². The molecule has 4 heteroatoms.